The number of nitrogens with zero attached hydrogens (tertiary/aromatic N) is 3. The van der Waals surface area contributed by atoms with Gasteiger partial charge < -0.3 is 22.5 Å². The Morgan fingerprint density at radius 2 is 1.81 bits per heavy atom. The van der Waals surface area contributed by atoms with Crippen LogP contribution in [0.3, 0.4) is 0 Å². The second-order valence-electron chi connectivity index (χ2n) is 8.19. The van der Waals surface area contributed by atoms with Gasteiger partial charge in [-0.15, -0.1) is 0 Å². The summed E-state index contributed by atoms with van der Waals surface area (Å²) in [5, 5.41) is 5.67. The number of rotatable bonds is 15. The van der Waals surface area contributed by atoms with E-state index in [2.05, 4.69) is 20.6 Å². The van der Waals surface area contributed by atoms with Crippen molar-refractivity contribution in [3.8, 4) is 0 Å². The molecule has 0 aliphatic heterocycles. The second kappa shape index (κ2) is 14.9. The molecule has 1 unspecified atom stereocenters. The summed E-state index contributed by atoms with van der Waals surface area (Å²) >= 11 is 0. The van der Waals surface area contributed by atoms with E-state index >= 15 is 0 Å². The van der Waals surface area contributed by atoms with Crippen LogP contribution in [0.5, 0.6) is 0 Å². The number of halogens is 1. The average molecular weight is 540 g/mol. The summed E-state index contributed by atoms with van der Waals surface area (Å²) in [5.41, 5.74) is 15.7. The number of carbonyl (C=O) groups excluding carboxylic acids is 1. The number of hydrogen-bond acceptors (Lipinski definition) is 8. The summed E-state index contributed by atoms with van der Waals surface area (Å²) in [5.74, 6) is -0.673. The first-order valence-corrected chi connectivity index (χ1v) is 13.2. The standard InChI is InChI=1S/C22H34FN9O4S/c23-16-6-8-18(9-7-16)37(35,36)31-21(33)29-19-10-15-32(22(34)30-19)14-2-5-17(27-13-3-11-24)4-1-12-28-20(25)26/h6-10,15,17,27H,1-5,11-14,24H2,(H4,25,26,28)(H2,29,30,31,33,34). The van der Waals surface area contributed by atoms with E-state index < -0.39 is 27.6 Å². The highest BCUT2D eigenvalue weighted by atomic mass is 32.2. The van der Waals surface area contributed by atoms with Crippen LogP contribution in [0.25, 0.3) is 0 Å². The maximum atomic E-state index is 13.0. The lowest BCUT2D eigenvalue weighted by atomic mass is 10.1. The molecule has 13 nitrogen and oxygen atoms in total. The summed E-state index contributed by atoms with van der Waals surface area (Å²) < 4.78 is 40.6. The highest BCUT2D eigenvalue weighted by molar-refractivity contribution is 7.90. The van der Waals surface area contributed by atoms with Gasteiger partial charge in [0.1, 0.15) is 11.6 Å². The van der Waals surface area contributed by atoms with E-state index in [0.29, 0.717) is 26.1 Å². The molecule has 0 radical (unpaired) electrons. The zero-order chi connectivity index (χ0) is 27.3. The number of hydrogen-bond donors (Lipinski definition) is 6. The lowest BCUT2D eigenvalue weighted by Gasteiger charge is -2.18. The van der Waals surface area contributed by atoms with E-state index in [1.54, 1.807) is 4.72 Å². The smallest absolute Gasteiger partial charge is 0.349 e. The van der Waals surface area contributed by atoms with Gasteiger partial charge >= 0.3 is 11.7 Å². The van der Waals surface area contributed by atoms with Crippen LogP contribution in [0.1, 0.15) is 32.1 Å². The molecule has 37 heavy (non-hydrogen) atoms. The monoisotopic (exact) mass is 539 g/mol. The summed E-state index contributed by atoms with van der Waals surface area (Å²) in [4.78, 5) is 32.0. The third-order valence-corrected chi connectivity index (χ3v) is 6.58. The van der Waals surface area contributed by atoms with E-state index in [-0.39, 0.29) is 22.7 Å². The Hall–Kier alpha value is -3.56. The number of nitrogens with two attached hydrogens (primary N) is 3. The molecule has 204 valence electrons. The number of aliphatic imine (C=N–C) groups is 1. The quantitative estimate of drug-likeness (QED) is 0.102. The topological polar surface area (TPSA) is 213 Å². The number of aryl methyl sites for hydroxylation is 1. The fraction of sp³-hybridized carbons (Fsp3) is 0.455. The van der Waals surface area contributed by atoms with Crippen molar-refractivity contribution in [1.29, 1.82) is 0 Å². The van der Waals surface area contributed by atoms with E-state index in [0.717, 1.165) is 56.5 Å². The van der Waals surface area contributed by atoms with Gasteiger partial charge in [0.2, 0.25) is 0 Å². The van der Waals surface area contributed by atoms with Gasteiger partial charge in [-0.05, 0) is 75.5 Å². The van der Waals surface area contributed by atoms with Gasteiger partial charge in [-0.2, -0.15) is 4.98 Å². The molecule has 1 aromatic heterocycles. The minimum Gasteiger partial charge on any atom is -0.370 e. The van der Waals surface area contributed by atoms with Crippen LogP contribution in [-0.4, -0.2) is 55.6 Å². The molecule has 0 fully saturated rings. The van der Waals surface area contributed by atoms with Crippen molar-refractivity contribution in [2.24, 2.45) is 22.2 Å². The molecule has 0 bridgehead atoms. The van der Waals surface area contributed by atoms with Gasteiger partial charge in [0, 0.05) is 25.3 Å². The Kier molecular flexibility index (Phi) is 11.9. The molecule has 0 spiro atoms. The normalized spacial score (nSPS) is 12.1. The molecule has 9 N–H and O–H groups in total. The van der Waals surface area contributed by atoms with Gasteiger partial charge in [0.05, 0.1) is 4.90 Å². The molecule has 15 heteroatoms. The predicted molar refractivity (Wildman–Crippen MR) is 139 cm³/mol. The molecule has 2 aromatic rings. The molecular formula is C22H34FN9O4S. The molecule has 0 saturated heterocycles. The third-order valence-electron chi connectivity index (χ3n) is 5.24. The Morgan fingerprint density at radius 1 is 1.11 bits per heavy atom. The molecule has 1 aromatic carbocycles. The number of guanidine groups is 1. The van der Waals surface area contributed by atoms with Gasteiger partial charge in [0.25, 0.3) is 10.0 Å². The van der Waals surface area contributed by atoms with Crippen molar-refractivity contribution in [2.45, 2.75) is 49.6 Å². The maximum absolute atomic E-state index is 13.0. The number of nitrogens with one attached hydrogen (secondary N) is 3. The molecule has 1 atom stereocenters. The van der Waals surface area contributed by atoms with Crippen LogP contribution in [0, 0.1) is 5.82 Å². The van der Waals surface area contributed by atoms with Crippen LogP contribution in [-0.2, 0) is 16.6 Å². The Labute approximate surface area is 214 Å². The average Bonchev–Trinajstić information content (AvgIpc) is 2.82. The first-order chi connectivity index (χ1) is 17.6. The molecule has 2 rings (SSSR count). The van der Waals surface area contributed by atoms with Crippen LogP contribution in [0.2, 0.25) is 0 Å². The van der Waals surface area contributed by atoms with Crippen LogP contribution in [0.4, 0.5) is 15.0 Å². The van der Waals surface area contributed by atoms with Crippen molar-refractivity contribution >= 4 is 27.8 Å². The van der Waals surface area contributed by atoms with Gasteiger partial charge in [-0.1, -0.05) is 0 Å². The minimum absolute atomic E-state index is 0.0597. The number of urea groups is 1. The second-order valence-corrected chi connectivity index (χ2v) is 9.87. The number of sulfonamides is 1. The van der Waals surface area contributed by atoms with Gasteiger partial charge in [0.15, 0.2) is 5.96 Å². The van der Waals surface area contributed by atoms with Crippen molar-refractivity contribution < 1.29 is 17.6 Å². The Bertz CT molecular complexity index is 1200. The number of aromatic nitrogens is 2. The van der Waals surface area contributed by atoms with Crippen molar-refractivity contribution in [3.63, 3.8) is 0 Å². The predicted octanol–water partition coefficient (Wildman–Crippen LogP) is 0.0336. The first kappa shape index (κ1) is 29.7. The summed E-state index contributed by atoms with van der Waals surface area (Å²) in [6, 6.07) is 4.44. The number of amides is 2. The van der Waals surface area contributed by atoms with E-state index in [1.807, 2.05) is 0 Å². The van der Waals surface area contributed by atoms with E-state index in [1.165, 1.54) is 16.8 Å². The SMILES string of the molecule is NCCCNC(CCCN=C(N)N)CCCn1ccc(NC(=O)NS(=O)(=O)c2ccc(F)cc2)nc1=O. The highest BCUT2D eigenvalue weighted by Crippen LogP contribution is 2.10. The maximum Gasteiger partial charge on any atom is 0.349 e. The number of anilines is 1. The molecule has 0 aliphatic carbocycles. The lowest BCUT2D eigenvalue weighted by Crippen LogP contribution is -2.35. The largest absolute Gasteiger partial charge is 0.370 e. The van der Waals surface area contributed by atoms with Crippen molar-refractivity contribution in [2.75, 3.05) is 25.0 Å². The summed E-state index contributed by atoms with van der Waals surface area (Å²) in [6.07, 6.45) is 5.46. The molecule has 0 saturated carbocycles. The van der Waals surface area contributed by atoms with E-state index in [9.17, 15) is 22.4 Å². The van der Waals surface area contributed by atoms with Crippen molar-refractivity contribution in [1.82, 2.24) is 19.6 Å². The fourth-order valence-corrected chi connectivity index (χ4v) is 4.32. The van der Waals surface area contributed by atoms with Crippen LogP contribution >= 0.6 is 0 Å². The third kappa shape index (κ3) is 10.9. The molecular weight excluding hydrogens is 505 g/mol. The van der Waals surface area contributed by atoms with Crippen LogP contribution < -0.4 is 38.2 Å². The van der Waals surface area contributed by atoms with Gasteiger partial charge in [-0.25, -0.2) is 27.1 Å². The summed E-state index contributed by atoms with van der Waals surface area (Å²) in [7, 11) is -4.23. The lowest BCUT2D eigenvalue weighted by molar-refractivity contribution is 0.256. The number of carbonyl (C=O) groups is 1. The highest BCUT2D eigenvalue weighted by Gasteiger charge is 2.18. The van der Waals surface area contributed by atoms with Gasteiger partial charge in [-0.3, -0.25) is 14.9 Å². The first-order valence-electron chi connectivity index (χ1n) is 11.8. The molecule has 1 heterocycles. The molecule has 2 amide bonds. The van der Waals surface area contributed by atoms with E-state index in [4.69, 9.17) is 17.2 Å². The molecule has 0 aliphatic rings. The summed E-state index contributed by atoms with van der Waals surface area (Å²) in [6.45, 7) is 2.31. The Morgan fingerprint density at radius 3 is 2.46 bits per heavy atom. The fourth-order valence-electron chi connectivity index (χ4n) is 3.42. The zero-order valence-corrected chi connectivity index (χ0v) is 21.2. The van der Waals surface area contributed by atoms with Crippen molar-refractivity contribution in [3.05, 3.63) is 52.8 Å². The zero-order valence-electron chi connectivity index (χ0n) is 20.4. The minimum atomic E-state index is -4.23. The number of benzene rings is 1. The Balaban J connectivity index is 1.88. The van der Waals surface area contributed by atoms with Crippen LogP contribution in [0.15, 0.2) is 51.2 Å².